The van der Waals surface area contributed by atoms with Gasteiger partial charge in [0.1, 0.15) is 0 Å². The Morgan fingerprint density at radius 2 is 2.33 bits per heavy atom. The second-order valence-electron chi connectivity index (χ2n) is 3.91. The molecule has 0 N–H and O–H groups in total. The summed E-state index contributed by atoms with van der Waals surface area (Å²) in [4.78, 5) is 2.46. The molecule has 1 heterocycles. The number of hydrogen-bond acceptors (Lipinski definition) is 1. The number of hydrogen-bond donors (Lipinski definition) is 0. The van der Waals surface area contributed by atoms with Crippen LogP contribution in [-0.4, -0.2) is 24.5 Å². The van der Waals surface area contributed by atoms with Crippen molar-refractivity contribution in [1.82, 2.24) is 4.90 Å². The van der Waals surface area contributed by atoms with Gasteiger partial charge in [-0.25, -0.2) is 0 Å². The average Bonchev–Trinajstić information content (AvgIpc) is 2.48. The van der Waals surface area contributed by atoms with Gasteiger partial charge in [0, 0.05) is 18.6 Å². The molecule has 1 aliphatic heterocycles. The van der Waals surface area contributed by atoms with Crippen LogP contribution in [0, 0.1) is 11.8 Å². The molecular weight excluding hydrogens is 170 g/mol. The fourth-order valence-electron chi connectivity index (χ4n) is 1.76. The van der Waals surface area contributed by atoms with Crippen LogP contribution < -0.4 is 0 Å². The lowest BCUT2D eigenvalue weighted by Crippen LogP contribution is -2.21. The highest BCUT2D eigenvalue weighted by Crippen LogP contribution is 2.23. The minimum Gasteiger partial charge on any atom is -0.299 e. The van der Waals surface area contributed by atoms with Gasteiger partial charge < -0.3 is 0 Å². The van der Waals surface area contributed by atoms with Gasteiger partial charge in [-0.1, -0.05) is 31.5 Å². The van der Waals surface area contributed by atoms with Crippen molar-refractivity contribution in [3.63, 3.8) is 0 Å². The van der Waals surface area contributed by atoms with Gasteiger partial charge in [0.2, 0.25) is 0 Å². The zero-order valence-corrected chi connectivity index (χ0v) is 8.72. The predicted molar refractivity (Wildman–Crippen MR) is 54.4 cm³/mol. The van der Waals surface area contributed by atoms with Crippen molar-refractivity contribution in [3.8, 4) is 0 Å². The molecule has 0 aromatic rings. The van der Waals surface area contributed by atoms with Crippen molar-refractivity contribution >= 4 is 11.6 Å². The van der Waals surface area contributed by atoms with Crippen molar-refractivity contribution in [2.75, 3.05) is 19.6 Å². The Balaban J connectivity index is 2.25. The van der Waals surface area contributed by atoms with E-state index < -0.39 is 0 Å². The highest BCUT2D eigenvalue weighted by atomic mass is 35.5. The smallest absolute Gasteiger partial charge is 0.0174 e. The van der Waals surface area contributed by atoms with Gasteiger partial charge in [0.05, 0.1) is 0 Å². The number of rotatable bonds is 3. The quantitative estimate of drug-likeness (QED) is 0.657. The van der Waals surface area contributed by atoms with Crippen molar-refractivity contribution in [2.45, 2.75) is 20.3 Å². The molecular formula is C10H18ClN. The maximum Gasteiger partial charge on any atom is 0.0174 e. The van der Waals surface area contributed by atoms with E-state index in [0.29, 0.717) is 0 Å². The molecule has 1 saturated heterocycles. The molecule has 1 nitrogen and oxygen atoms in total. The van der Waals surface area contributed by atoms with E-state index in [1.165, 1.54) is 19.5 Å². The van der Waals surface area contributed by atoms with Crippen molar-refractivity contribution in [3.05, 3.63) is 11.6 Å². The fraction of sp³-hybridized carbons (Fsp3) is 0.800. The van der Waals surface area contributed by atoms with Crippen LogP contribution in [0.15, 0.2) is 11.6 Å². The Morgan fingerprint density at radius 3 is 2.83 bits per heavy atom. The highest BCUT2D eigenvalue weighted by molar-refractivity contribution is 6.25. The largest absolute Gasteiger partial charge is 0.299 e. The van der Waals surface area contributed by atoms with Gasteiger partial charge in [-0.3, -0.25) is 4.90 Å². The van der Waals surface area contributed by atoms with Crippen LogP contribution in [0.5, 0.6) is 0 Å². The van der Waals surface area contributed by atoms with E-state index in [0.717, 1.165) is 18.4 Å². The van der Waals surface area contributed by atoms with Crippen molar-refractivity contribution < 1.29 is 0 Å². The lowest BCUT2D eigenvalue weighted by Gasteiger charge is -2.15. The van der Waals surface area contributed by atoms with Gasteiger partial charge in [0.15, 0.2) is 0 Å². The van der Waals surface area contributed by atoms with E-state index in [-0.39, 0.29) is 0 Å². The number of halogens is 1. The van der Waals surface area contributed by atoms with Gasteiger partial charge in [0.25, 0.3) is 0 Å². The van der Waals surface area contributed by atoms with Crippen LogP contribution in [0.3, 0.4) is 0 Å². The monoisotopic (exact) mass is 187 g/mol. The second-order valence-corrected chi connectivity index (χ2v) is 4.17. The van der Waals surface area contributed by atoms with Gasteiger partial charge in [-0.2, -0.15) is 0 Å². The van der Waals surface area contributed by atoms with E-state index in [4.69, 9.17) is 11.6 Å². The summed E-state index contributed by atoms with van der Waals surface area (Å²) < 4.78 is 0. The van der Waals surface area contributed by atoms with Gasteiger partial charge in [-0.15, -0.1) is 0 Å². The summed E-state index contributed by atoms with van der Waals surface area (Å²) in [6, 6.07) is 0. The Labute approximate surface area is 80.4 Å². The zero-order valence-electron chi connectivity index (χ0n) is 7.96. The summed E-state index contributed by atoms with van der Waals surface area (Å²) in [7, 11) is 0. The summed E-state index contributed by atoms with van der Waals surface area (Å²) in [6.07, 6.45) is 3.37. The van der Waals surface area contributed by atoms with E-state index in [2.05, 4.69) is 18.7 Å². The molecule has 0 aliphatic carbocycles. The third-order valence-corrected chi connectivity index (χ3v) is 2.88. The molecule has 2 heteroatoms. The molecule has 70 valence electrons. The van der Waals surface area contributed by atoms with Crippen LogP contribution in [0.4, 0.5) is 0 Å². The Hall–Kier alpha value is -0.0100. The summed E-state index contributed by atoms with van der Waals surface area (Å²) in [5.74, 6) is 1.73. The Morgan fingerprint density at radius 1 is 1.58 bits per heavy atom. The topological polar surface area (TPSA) is 3.24 Å². The summed E-state index contributed by atoms with van der Waals surface area (Å²) in [5.41, 5.74) is 1.61. The molecule has 0 radical (unpaired) electrons. The summed E-state index contributed by atoms with van der Waals surface area (Å²) in [5, 5.41) is 0. The van der Waals surface area contributed by atoms with E-state index in [1.807, 2.05) is 6.08 Å². The molecule has 0 bridgehead atoms. The number of nitrogens with zero attached hydrogens (tertiary/aromatic N) is 1. The first-order chi connectivity index (χ1) is 5.74. The Kier molecular flexibility index (Phi) is 4.10. The van der Waals surface area contributed by atoms with Crippen LogP contribution >= 0.6 is 11.6 Å². The van der Waals surface area contributed by atoms with Crippen LogP contribution in [-0.2, 0) is 0 Å². The predicted octanol–water partition coefficient (Wildman–Crippen LogP) is 2.72. The zero-order chi connectivity index (χ0) is 8.97. The summed E-state index contributed by atoms with van der Waals surface area (Å²) in [6.45, 7) is 8.13. The molecule has 1 aliphatic rings. The third-order valence-electron chi connectivity index (χ3n) is 2.70. The minimum atomic E-state index is 0.829. The van der Waals surface area contributed by atoms with E-state index in [9.17, 15) is 0 Å². The molecule has 0 saturated carbocycles. The lowest BCUT2D eigenvalue weighted by molar-refractivity contribution is 0.329. The number of likely N-dealkylation sites (tertiary alicyclic amines) is 1. The van der Waals surface area contributed by atoms with Crippen LogP contribution in [0.1, 0.15) is 20.3 Å². The standard InChI is InChI=1S/C10H18ClN/c1-9(2)10-4-7-12(8-10)6-3-5-11/h3,5,9-10H,4,6-8H2,1-2H3/b5-3+. The van der Waals surface area contributed by atoms with Crippen LogP contribution in [0.2, 0.25) is 0 Å². The fourth-order valence-corrected chi connectivity index (χ4v) is 1.84. The maximum absolute atomic E-state index is 5.47. The van der Waals surface area contributed by atoms with Gasteiger partial charge in [-0.05, 0) is 24.8 Å². The molecule has 1 fully saturated rings. The first-order valence-electron chi connectivity index (χ1n) is 4.71. The van der Waals surface area contributed by atoms with Crippen molar-refractivity contribution in [2.24, 2.45) is 11.8 Å². The molecule has 0 amide bonds. The van der Waals surface area contributed by atoms with E-state index >= 15 is 0 Å². The lowest BCUT2D eigenvalue weighted by atomic mass is 9.95. The maximum atomic E-state index is 5.47. The van der Waals surface area contributed by atoms with Crippen molar-refractivity contribution in [1.29, 1.82) is 0 Å². The normalized spacial score (nSPS) is 26.2. The molecule has 1 rings (SSSR count). The van der Waals surface area contributed by atoms with Gasteiger partial charge >= 0.3 is 0 Å². The highest BCUT2D eigenvalue weighted by Gasteiger charge is 2.23. The van der Waals surface area contributed by atoms with E-state index in [1.54, 1.807) is 5.54 Å². The molecule has 0 aromatic heterocycles. The summed E-state index contributed by atoms with van der Waals surface area (Å²) >= 11 is 5.47. The molecule has 0 spiro atoms. The first-order valence-corrected chi connectivity index (χ1v) is 5.15. The molecule has 1 unspecified atom stereocenters. The minimum absolute atomic E-state index is 0.829. The second kappa shape index (κ2) is 4.88. The molecule has 12 heavy (non-hydrogen) atoms. The SMILES string of the molecule is CC(C)C1CCN(C/C=C/Cl)C1. The Bertz CT molecular complexity index is 154. The molecule has 0 aromatic carbocycles. The average molecular weight is 188 g/mol. The molecule has 1 atom stereocenters. The first kappa shape index (κ1) is 10.1. The van der Waals surface area contributed by atoms with Crippen LogP contribution in [0.25, 0.3) is 0 Å². The third kappa shape index (κ3) is 2.80.